The van der Waals surface area contributed by atoms with E-state index in [4.69, 9.17) is 0 Å². The second kappa shape index (κ2) is 7.53. The average Bonchev–Trinajstić information content (AvgIpc) is 3.02. The van der Waals surface area contributed by atoms with E-state index < -0.39 is 35.7 Å². The summed E-state index contributed by atoms with van der Waals surface area (Å²) in [6.45, 7) is 1.48. The zero-order chi connectivity index (χ0) is 19.5. The minimum Gasteiger partial charge on any atom is -0.342 e. The van der Waals surface area contributed by atoms with E-state index in [9.17, 15) is 21.6 Å². The predicted octanol–water partition coefficient (Wildman–Crippen LogP) is -0.354. The van der Waals surface area contributed by atoms with Gasteiger partial charge in [-0.2, -0.15) is 0 Å². The number of aromatic nitrogens is 2. The highest BCUT2D eigenvalue weighted by Crippen LogP contribution is 2.22. The fourth-order valence-corrected chi connectivity index (χ4v) is 4.42. The van der Waals surface area contributed by atoms with E-state index in [2.05, 4.69) is 19.7 Å². The van der Waals surface area contributed by atoms with Gasteiger partial charge in [-0.3, -0.25) is 4.79 Å². The number of carbonyl (C=O) groups is 1. The molecule has 1 amide bonds. The van der Waals surface area contributed by atoms with Gasteiger partial charge in [0.2, 0.25) is 26.0 Å². The summed E-state index contributed by atoms with van der Waals surface area (Å²) in [7, 11) is -5.74. The van der Waals surface area contributed by atoms with E-state index >= 15 is 0 Å². The Morgan fingerprint density at radius 1 is 1.08 bits per heavy atom. The lowest BCUT2D eigenvalue weighted by molar-refractivity contribution is -0.116. The number of hydrogen-bond acceptors (Lipinski definition) is 6. The number of hydrogen-bond donors (Lipinski definition) is 3. The number of rotatable bonds is 7. The zero-order valence-electron chi connectivity index (χ0n) is 14.3. The van der Waals surface area contributed by atoms with Crippen LogP contribution in [0.4, 0.5) is 5.82 Å². The van der Waals surface area contributed by atoms with Gasteiger partial charge in [-0.15, -0.1) is 0 Å². The molecule has 2 rings (SSSR count). The summed E-state index contributed by atoms with van der Waals surface area (Å²) in [5.74, 6) is -0.112. The Morgan fingerprint density at radius 2 is 1.62 bits per heavy atom. The maximum atomic E-state index is 12.2. The third-order valence-corrected chi connectivity index (χ3v) is 6.53. The molecule has 0 saturated heterocycles. The van der Waals surface area contributed by atoms with E-state index in [1.807, 2.05) is 0 Å². The fraction of sp³-hybridized carbons (Fsp3) is 0.286. The highest BCUT2D eigenvalue weighted by atomic mass is 32.2. The molecule has 2 aromatic heterocycles. The van der Waals surface area contributed by atoms with E-state index in [1.165, 1.54) is 24.9 Å². The first-order valence-corrected chi connectivity index (χ1v) is 10.4. The van der Waals surface area contributed by atoms with Crippen LogP contribution < -0.4 is 14.8 Å². The van der Waals surface area contributed by atoms with Gasteiger partial charge in [-0.25, -0.2) is 31.3 Å². The summed E-state index contributed by atoms with van der Waals surface area (Å²) in [6, 6.07) is 3.49. The summed E-state index contributed by atoms with van der Waals surface area (Å²) in [5, 5.41) is 2.59. The molecule has 0 spiro atoms. The first-order chi connectivity index (χ1) is 12.1. The third-order valence-electron chi connectivity index (χ3n) is 3.52. The Hall–Kier alpha value is -2.28. The Morgan fingerprint density at radius 3 is 2.08 bits per heavy atom. The van der Waals surface area contributed by atoms with Crippen molar-refractivity contribution < 1.29 is 21.6 Å². The molecule has 0 aromatic carbocycles. The van der Waals surface area contributed by atoms with Gasteiger partial charge in [-0.05, 0) is 32.6 Å². The van der Waals surface area contributed by atoms with Crippen LogP contribution >= 0.6 is 0 Å². The number of carbonyl (C=O) groups excluding carboxylic acids is 1. The topological polar surface area (TPSA) is 139 Å². The number of aryl methyl sites for hydroxylation is 1. The van der Waals surface area contributed by atoms with Crippen LogP contribution in [0, 0.1) is 6.92 Å². The van der Waals surface area contributed by atoms with Crippen LogP contribution in [0.15, 0.2) is 40.5 Å². The molecule has 10 nitrogen and oxygen atoms in total. The van der Waals surface area contributed by atoms with Gasteiger partial charge in [-0.1, -0.05) is 6.07 Å². The van der Waals surface area contributed by atoms with Crippen LogP contribution in [-0.2, 0) is 31.4 Å². The molecule has 26 heavy (non-hydrogen) atoms. The fourth-order valence-electron chi connectivity index (χ4n) is 2.13. The Balaban J connectivity index is 2.35. The molecule has 0 atom stereocenters. The summed E-state index contributed by atoms with van der Waals surface area (Å²) in [6.07, 6.45) is 3.69. The SMILES string of the molecule is CNS(=O)(=O)c1cn(CC(=O)Nc2ncccc2C)cc1S(=O)(=O)NC. The zero-order valence-corrected chi connectivity index (χ0v) is 16.0. The second-order valence-electron chi connectivity index (χ2n) is 5.29. The van der Waals surface area contributed by atoms with Crippen molar-refractivity contribution in [3.05, 3.63) is 36.3 Å². The van der Waals surface area contributed by atoms with Gasteiger partial charge >= 0.3 is 0 Å². The van der Waals surface area contributed by atoms with Gasteiger partial charge in [0, 0.05) is 18.6 Å². The predicted molar refractivity (Wildman–Crippen MR) is 94.5 cm³/mol. The van der Waals surface area contributed by atoms with Crippen molar-refractivity contribution in [2.24, 2.45) is 0 Å². The Bertz CT molecular complexity index is 976. The smallest absolute Gasteiger partial charge is 0.245 e. The van der Waals surface area contributed by atoms with Crippen molar-refractivity contribution in [2.75, 3.05) is 19.4 Å². The standard InChI is InChI=1S/C14H19N5O5S2/c1-10-5-4-6-17-14(10)18-13(20)9-19-7-11(25(21,22)15-2)12(8-19)26(23,24)16-3/h4-8,15-16H,9H2,1-3H3,(H,17,18,20). The molecule has 12 heteroatoms. The highest BCUT2D eigenvalue weighted by Gasteiger charge is 2.27. The molecule has 142 valence electrons. The lowest BCUT2D eigenvalue weighted by atomic mass is 10.3. The van der Waals surface area contributed by atoms with Crippen LogP contribution in [0.25, 0.3) is 0 Å². The molecular weight excluding hydrogens is 382 g/mol. The number of pyridine rings is 1. The summed E-state index contributed by atoms with van der Waals surface area (Å²) in [5.41, 5.74) is 0.755. The summed E-state index contributed by atoms with van der Waals surface area (Å²) < 4.78 is 53.7. The van der Waals surface area contributed by atoms with Gasteiger partial charge in [0.05, 0.1) is 0 Å². The molecule has 0 aliphatic rings. The highest BCUT2D eigenvalue weighted by molar-refractivity contribution is 7.92. The first-order valence-electron chi connectivity index (χ1n) is 7.39. The van der Waals surface area contributed by atoms with Crippen molar-refractivity contribution in [2.45, 2.75) is 23.3 Å². The van der Waals surface area contributed by atoms with Crippen LogP contribution in [0.3, 0.4) is 0 Å². The van der Waals surface area contributed by atoms with E-state index in [1.54, 1.807) is 19.1 Å². The summed E-state index contributed by atoms with van der Waals surface area (Å²) >= 11 is 0. The van der Waals surface area contributed by atoms with E-state index in [0.717, 1.165) is 18.0 Å². The van der Waals surface area contributed by atoms with Crippen LogP contribution in [0.5, 0.6) is 0 Å². The number of anilines is 1. The molecule has 0 aliphatic carbocycles. The summed E-state index contributed by atoms with van der Waals surface area (Å²) in [4.78, 5) is 15.3. The largest absolute Gasteiger partial charge is 0.342 e. The number of nitrogens with zero attached hydrogens (tertiary/aromatic N) is 2. The third kappa shape index (κ3) is 4.27. The van der Waals surface area contributed by atoms with Gasteiger partial charge in [0.25, 0.3) is 0 Å². The van der Waals surface area contributed by atoms with Crippen molar-refractivity contribution in [1.29, 1.82) is 0 Å². The quantitative estimate of drug-likeness (QED) is 0.579. The molecule has 0 unspecified atom stereocenters. The van der Waals surface area contributed by atoms with Gasteiger partial charge in [0.15, 0.2) is 0 Å². The molecular formula is C14H19N5O5S2. The molecule has 0 fully saturated rings. The normalized spacial score (nSPS) is 12.1. The first kappa shape index (κ1) is 20.0. The van der Waals surface area contributed by atoms with Gasteiger partial charge in [0.1, 0.15) is 22.2 Å². The van der Waals surface area contributed by atoms with E-state index in [0.29, 0.717) is 5.82 Å². The minimum atomic E-state index is -4.04. The molecule has 2 aromatic rings. The van der Waals surface area contributed by atoms with Crippen molar-refractivity contribution in [3.63, 3.8) is 0 Å². The van der Waals surface area contributed by atoms with Crippen LogP contribution in [0.1, 0.15) is 5.56 Å². The Kier molecular flexibility index (Phi) is 5.81. The Labute approximate surface area is 151 Å². The second-order valence-corrected chi connectivity index (χ2v) is 9.00. The monoisotopic (exact) mass is 401 g/mol. The molecule has 0 bridgehead atoms. The van der Waals surface area contributed by atoms with Crippen molar-refractivity contribution in [3.8, 4) is 0 Å². The lowest BCUT2D eigenvalue weighted by Gasteiger charge is -2.07. The molecule has 0 saturated carbocycles. The molecule has 0 aliphatic heterocycles. The lowest BCUT2D eigenvalue weighted by Crippen LogP contribution is -2.24. The van der Waals surface area contributed by atoms with Crippen molar-refractivity contribution in [1.82, 2.24) is 19.0 Å². The maximum Gasteiger partial charge on any atom is 0.245 e. The molecule has 3 N–H and O–H groups in total. The van der Waals surface area contributed by atoms with Gasteiger partial charge < -0.3 is 9.88 Å². The molecule has 0 radical (unpaired) electrons. The number of sulfonamides is 2. The van der Waals surface area contributed by atoms with E-state index in [-0.39, 0.29) is 6.54 Å². The number of nitrogens with one attached hydrogen (secondary N) is 3. The van der Waals surface area contributed by atoms with Crippen LogP contribution in [0.2, 0.25) is 0 Å². The minimum absolute atomic E-state index is 0.290. The van der Waals surface area contributed by atoms with Crippen LogP contribution in [-0.4, -0.2) is 46.4 Å². The number of amides is 1. The average molecular weight is 401 g/mol. The van der Waals surface area contributed by atoms with Crippen molar-refractivity contribution >= 4 is 31.8 Å². The maximum absolute atomic E-state index is 12.2. The molecule has 2 heterocycles.